The van der Waals surface area contributed by atoms with Crippen molar-refractivity contribution in [3.05, 3.63) is 41.6 Å². The van der Waals surface area contributed by atoms with Gasteiger partial charge in [0.15, 0.2) is 9.84 Å². The molecule has 25 heavy (non-hydrogen) atoms. The van der Waals surface area contributed by atoms with Crippen molar-refractivity contribution in [2.75, 3.05) is 11.1 Å². The molecule has 0 saturated heterocycles. The first-order chi connectivity index (χ1) is 11.7. The molecule has 0 saturated carbocycles. The maximum absolute atomic E-state index is 12.3. The van der Waals surface area contributed by atoms with E-state index in [0.29, 0.717) is 10.7 Å². The Morgan fingerprint density at radius 2 is 1.84 bits per heavy atom. The van der Waals surface area contributed by atoms with E-state index in [2.05, 4.69) is 10.4 Å². The monoisotopic (exact) mass is 363 g/mol. The summed E-state index contributed by atoms with van der Waals surface area (Å²) in [5.41, 5.74) is 1.83. The number of rotatable bonds is 7. The summed E-state index contributed by atoms with van der Waals surface area (Å²) in [7, 11) is -3.36. The van der Waals surface area contributed by atoms with Crippen LogP contribution in [0.2, 0.25) is 0 Å². The van der Waals surface area contributed by atoms with E-state index in [-0.39, 0.29) is 30.5 Å². The lowest BCUT2D eigenvalue weighted by Crippen LogP contribution is -2.17. The summed E-state index contributed by atoms with van der Waals surface area (Å²) >= 11 is 0. The van der Waals surface area contributed by atoms with Gasteiger partial charge in [-0.2, -0.15) is 5.10 Å². The molecule has 0 radical (unpaired) electrons. The summed E-state index contributed by atoms with van der Waals surface area (Å²) in [6, 6.07) is 8.69. The number of carbonyl (C=O) groups excluding carboxylic acids is 1. The number of benzene rings is 1. The van der Waals surface area contributed by atoms with Gasteiger partial charge in [0.05, 0.1) is 16.3 Å². The lowest BCUT2D eigenvalue weighted by atomic mass is 10.2. The topological polar surface area (TPSA) is 81.1 Å². The highest BCUT2D eigenvalue weighted by Crippen LogP contribution is 2.17. The largest absolute Gasteiger partial charge is 0.311 e. The Balaban J connectivity index is 1.91. The predicted octanol–water partition coefficient (Wildman–Crippen LogP) is 3.27. The lowest BCUT2D eigenvalue weighted by Gasteiger charge is -2.11. The Bertz CT molecular complexity index is 837. The van der Waals surface area contributed by atoms with Gasteiger partial charge < -0.3 is 5.32 Å². The van der Waals surface area contributed by atoms with Crippen molar-refractivity contribution < 1.29 is 13.2 Å². The lowest BCUT2D eigenvalue weighted by molar-refractivity contribution is -0.116. The summed E-state index contributed by atoms with van der Waals surface area (Å²) in [4.78, 5) is 12.4. The van der Waals surface area contributed by atoms with Gasteiger partial charge in [0.2, 0.25) is 5.91 Å². The van der Waals surface area contributed by atoms with Gasteiger partial charge in [-0.25, -0.2) is 13.1 Å². The second-order valence-electron chi connectivity index (χ2n) is 6.49. The Morgan fingerprint density at radius 1 is 1.20 bits per heavy atom. The van der Waals surface area contributed by atoms with Crippen molar-refractivity contribution >= 4 is 21.6 Å². The molecule has 136 valence electrons. The highest BCUT2D eigenvalue weighted by Gasteiger charge is 2.16. The van der Waals surface area contributed by atoms with Crippen molar-refractivity contribution in [3.8, 4) is 0 Å². The Hall–Kier alpha value is -2.15. The zero-order valence-electron chi connectivity index (χ0n) is 15.1. The van der Waals surface area contributed by atoms with Crippen molar-refractivity contribution in [3.63, 3.8) is 0 Å². The van der Waals surface area contributed by atoms with E-state index in [1.165, 1.54) is 0 Å². The summed E-state index contributed by atoms with van der Waals surface area (Å²) in [5.74, 6) is 0.381. The third-order valence-electron chi connectivity index (χ3n) is 3.81. The van der Waals surface area contributed by atoms with E-state index in [1.54, 1.807) is 35.0 Å². The molecule has 0 aliphatic heterocycles. The molecule has 0 unspecified atom stereocenters. The summed E-state index contributed by atoms with van der Waals surface area (Å²) < 4.78 is 26.3. The van der Waals surface area contributed by atoms with Crippen LogP contribution in [0.5, 0.6) is 0 Å². The molecule has 1 heterocycles. The van der Waals surface area contributed by atoms with Gasteiger partial charge in [-0.3, -0.25) is 4.79 Å². The predicted molar refractivity (Wildman–Crippen MR) is 98.4 cm³/mol. The van der Waals surface area contributed by atoms with Crippen LogP contribution in [-0.4, -0.2) is 29.9 Å². The first kappa shape index (κ1) is 19.2. The van der Waals surface area contributed by atoms with Crippen LogP contribution in [0.3, 0.4) is 0 Å². The molecule has 1 amide bonds. The van der Waals surface area contributed by atoms with Crippen LogP contribution in [0.15, 0.2) is 35.2 Å². The van der Waals surface area contributed by atoms with Crippen LogP contribution >= 0.6 is 0 Å². The highest BCUT2D eigenvalue weighted by atomic mass is 32.2. The molecule has 0 fully saturated rings. The quantitative estimate of drug-likeness (QED) is 0.818. The number of aryl methyl sites for hydroxylation is 2. The van der Waals surface area contributed by atoms with E-state index in [1.807, 2.05) is 27.7 Å². The SMILES string of the molecule is Cc1ccc(S(=O)(=O)CCCC(=O)Nc2cc(C)nn2C(C)C)cc1. The van der Waals surface area contributed by atoms with Gasteiger partial charge in [-0.1, -0.05) is 17.7 Å². The number of carbonyl (C=O) groups is 1. The minimum Gasteiger partial charge on any atom is -0.311 e. The van der Waals surface area contributed by atoms with E-state index in [9.17, 15) is 13.2 Å². The van der Waals surface area contributed by atoms with Crippen molar-refractivity contribution in [1.82, 2.24) is 9.78 Å². The minimum atomic E-state index is -3.36. The summed E-state index contributed by atoms with van der Waals surface area (Å²) in [6.45, 7) is 7.74. The molecule has 0 bridgehead atoms. The average Bonchev–Trinajstić information content (AvgIpc) is 2.88. The average molecular weight is 363 g/mol. The third kappa shape index (κ3) is 5.16. The highest BCUT2D eigenvalue weighted by molar-refractivity contribution is 7.91. The minimum absolute atomic E-state index is 0.0497. The van der Waals surface area contributed by atoms with Crippen LogP contribution in [0.1, 0.15) is 44.0 Å². The summed E-state index contributed by atoms with van der Waals surface area (Å²) in [6.07, 6.45) is 0.421. The molecule has 1 aromatic carbocycles. The summed E-state index contributed by atoms with van der Waals surface area (Å²) in [5, 5.41) is 7.15. The molecule has 1 N–H and O–H groups in total. The van der Waals surface area contributed by atoms with Gasteiger partial charge in [0.1, 0.15) is 5.82 Å². The number of amides is 1. The normalized spacial score (nSPS) is 11.7. The first-order valence-corrected chi connectivity index (χ1v) is 9.99. The van der Waals surface area contributed by atoms with Gasteiger partial charge in [0, 0.05) is 18.5 Å². The fourth-order valence-electron chi connectivity index (χ4n) is 2.50. The second kappa shape index (κ2) is 7.82. The molecular weight excluding hydrogens is 338 g/mol. The van der Waals surface area contributed by atoms with Crippen LogP contribution in [0.4, 0.5) is 5.82 Å². The Morgan fingerprint density at radius 3 is 2.44 bits per heavy atom. The Labute approximate surface area is 149 Å². The van der Waals surface area contributed by atoms with Gasteiger partial charge in [-0.05, 0) is 46.2 Å². The zero-order chi connectivity index (χ0) is 18.6. The Kier molecular flexibility index (Phi) is 6.00. The molecule has 1 aromatic heterocycles. The maximum atomic E-state index is 12.3. The van der Waals surface area contributed by atoms with Crippen LogP contribution in [0, 0.1) is 13.8 Å². The van der Waals surface area contributed by atoms with Crippen LogP contribution in [-0.2, 0) is 14.6 Å². The molecule has 0 aliphatic carbocycles. The number of hydrogen-bond donors (Lipinski definition) is 1. The number of nitrogens with one attached hydrogen (secondary N) is 1. The molecule has 0 atom stereocenters. The van der Waals surface area contributed by atoms with Gasteiger partial charge in [-0.15, -0.1) is 0 Å². The molecule has 2 rings (SSSR count). The van der Waals surface area contributed by atoms with E-state index < -0.39 is 9.84 Å². The molecule has 6 nitrogen and oxygen atoms in total. The maximum Gasteiger partial charge on any atom is 0.225 e. The van der Waals surface area contributed by atoms with Crippen LogP contribution < -0.4 is 5.32 Å². The number of nitrogens with zero attached hydrogens (tertiary/aromatic N) is 2. The molecule has 0 aliphatic rings. The van der Waals surface area contributed by atoms with E-state index in [0.717, 1.165) is 11.3 Å². The third-order valence-corrected chi connectivity index (χ3v) is 5.63. The molecule has 0 spiro atoms. The number of anilines is 1. The van der Waals surface area contributed by atoms with Gasteiger partial charge in [0.25, 0.3) is 0 Å². The van der Waals surface area contributed by atoms with E-state index in [4.69, 9.17) is 0 Å². The molecule has 7 heteroatoms. The fraction of sp³-hybridized carbons (Fsp3) is 0.444. The van der Waals surface area contributed by atoms with Gasteiger partial charge >= 0.3 is 0 Å². The number of aromatic nitrogens is 2. The number of hydrogen-bond acceptors (Lipinski definition) is 4. The molecular formula is C18H25N3O3S. The molecule has 2 aromatic rings. The van der Waals surface area contributed by atoms with Crippen molar-refractivity contribution in [1.29, 1.82) is 0 Å². The number of sulfone groups is 1. The van der Waals surface area contributed by atoms with Crippen molar-refractivity contribution in [2.45, 2.75) is 51.5 Å². The standard InChI is InChI=1S/C18H25N3O3S/c1-13(2)21-17(12-15(4)20-21)19-18(22)6-5-11-25(23,24)16-9-7-14(3)8-10-16/h7-10,12-13H,5-6,11H2,1-4H3,(H,19,22). The van der Waals surface area contributed by atoms with Crippen molar-refractivity contribution in [2.24, 2.45) is 0 Å². The zero-order valence-corrected chi connectivity index (χ0v) is 15.9. The van der Waals surface area contributed by atoms with E-state index >= 15 is 0 Å². The second-order valence-corrected chi connectivity index (χ2v) is 8.60. The first-order valence-electron chi connectivity index (χ1n) is 8.34. The van der Waals surface area contributed by atoms with Crippen LogP contribution in [0.25, 0.3) is 0 Å². The smallest absolute Gasteiger partial charge is 0.225 e. The fourth-order valence-corrected chi connectivity index (χ4v) is 3.81.